The lowest BCUT2D eigenvalue weighted by Gasteiger charge is -2.32. The Morgan fingerprint density at radius 2 is 2.08 bits per heavy atom. The van der Waals surface area contributed by atoms with E-state index >= 15 is 0 Å². The highest BCUT2D eigenvalue weighted by Gasteiger charge is 2.63. The van der Waals surface area contributed by atoms with Gasteiger partial charge in [0, 0.05) is 17.2 Å². The molecule has 1 heterocycles. The van der Waals surface area contributed by atoms with Gasteiger partial charge in [0.1, 0.15) is 5.75 Å². The second-order valence-corrected chi connectivity index (χ2v) is 7.17. The van der Waals surface area contributed by atoms with Gasteiger partial charge in [-0.1, -0.05) is 37.0 Å². The Balaban J connectivity index is 2.18. The first-order valence-electron chi connectivity index (χ1n) is 7.70. The predicted molar refractivity (Wildman–Crippen MR) is 91.3 cm³/mol. The van der Waals surface area contributed by atoms with Crippen molar-refractivity contribution in [3.05, 3.63) is 28.2 Å². The monoisotopic (exact) mass is 412 g/mol. The van der Waals surface area contributed by atoms with Gasteiger partial charge in [-0.15, -0.1) is 0 Å². The first kappa shape index (κ1) is 20.8. The van der Waals surface area contributed by atoms with Crippen LogP contribution in [0.2, 0.25) is 10.0 Å². The fourth-order valence-electron chi connectivity index (χ4n) is 2.48. The van der Waals surface area contributed by atoms with Gasteiger partial charge >= 0.3 is 6.18 Å². The second-order valence-electron chi connectivity index (χ2n) is 6.32. The van der Waals surface area contributed by atoms with Gasteiger partial charge in [-0.25, -0.2) is 0 Å². The van der Waals surface area contributed by atoms with Crippen LogP contribution in [-0.4, -0.2) is 40.2 Å². The Labute approximate surface area is 158 Å². The number of benzene rings is 1. The van der Waals surface area contributed by atoms with E-state index in [4.69, 9.17) is 27.9 Å². The molecule has 0 bridgehead atoms. The van der Waals surface area contributed by atoms with E-state index in [1.54, 1.807) is 13.8 Å². The number of amides is 1. The smallest absolute Gasteiger partial charge is 0.438 e. The molecule has 10 heteroatoms. The van der Waals surface area contributed by atoms with Gasteiger partial charge in [0.25, 0.3) is 11.6 Å². The van der Waals surface area contributed by atoms with Crippen LogP contribution in [0.1, 0.15) is 26.7 Å². The van der Waals surface area contributed by atoms with Crippen molar-refractivity contribution >= 4 is 34.8 Å². The van der Waals surface area contributed by atoms with Crippen molar-refractivity contribution in [1.82, 2.24) is 5.01 Å². The lowest BCUT2D eigenvalue weighted by atomic mass is 9.99. The minimum atomic E-state index is -5.07. The first-order chi connectivity index (χ1) is 11.9. The highest BCUT2D eigenvalue weighted by atomic mass is 35.5. The van der Waals surface area contributed by atoms with Crippen molar-refractivity contribution in [1.29, 1.82) is 0 Å². The van der Waals surface area contributed by atoms with E-state index in [0.717, 1.165) is 0 Å². The van der Waals surface area contributed by atoms with Crippen molar-refractivity contribution < 1.29 is 27.8 Å². The third-order valence-corrected chi connectivity index (χ3v) is 4.15. The molecule has 1 aromatic carbocycles. The fraction of sp³-hybridized carbons (Fsp3) is 0.500. The Bertz CT molecular complexity index is 725. The van der Waals surface area contributed by atoms with Gasteiger partial charge in [0.05, 0.1) is 5.02 Å². The molecule has 0 aromatic heterocycles. The molecule has 1 aromatic rings. The summed E-state index contributed by atoms with van der Waals surface area (Å²) in [5.74, 6) is -1.05. The molecule has 1 atom stereocenters. The minimum Gasteiger partial charge on any atom is -0.482 e. The number of rotatable bonds is 5. The Morgan fingerprint density at radius 3 is 2.62 bits per heavy atom. The Kier molecular flexibility index (Phi) is 6.09. The summed E-state index contributed by atoms with van der Waals surface area (Å²) in [7, 11) is 0. The van der Waals surface area contributed by atoms with Crippen molar-refractivity contribution in [2.75, 3.05) is 6.61 Å². The summed E-state index contributed by atoms with van der Waals surface area (Å²) < 4.78 is 45.2. The third kappa shape index (κ3) is 4.42. The van der Waals surface area contributed by atoms with Crippen LogP contribution >= 0.6 is 23.2 Å². The maximum atomic E-state index is 13.3. The maximum absolute atomic E-state index is 13.3. The number of carbonyl (C=O) groups is 1. The van der Waals surface area contributed by atoms with Crippen LogP contribution in [0.5, 0.6) is 5.75 Å². The number of hydrazone groups is 1. The normalized spacial score (nSPS) is 20.5. The number of aliphatic hydroxyl groups is 1. The molecule has 5 nitrogen and oxygen atoms in total. The average Bonchev–Trinajstić information content (AvgIpc) is 2.83. The van der Waals surface area contributed by atoms with Gasteiger partial charge in [-0.2, -0.15) is 23.3 Å². The Hall–Kier alpha value is -1.51. The third-order valence-electron chi connectivity index (χ3n) is 3.62. The lowest BCUT2D eigenvalue weighted by molar-refractivity contribution is -0.302. The summed E-state index contributed by atoms with van der Waals surface area (Å²) in [5.41, 5.74) is -3.29. The molecule has 0 aliphatic carbocycles. The largest absolute Gasteiger partial charge is 0.482 e. The highest BCUT2D eigenvalue weighted by Crippen LogP contribution is 2.41. The van der Waals surface area contributed by atoms with Gasteiger partial charge in [0.2, 0.25) is 0 Å². The summed E-state index contributed by atoms with van der Waals surface area (Å²) in [5, 5.41) is 14.3. The van der Waals surface area contributed by atoms with Crippen LogP contribution in [-0.2, 0) is 4.79 Å². The zero-order chi connectivity index (χ0) is 19.7. The van der Waals surface area contributed by atoms with Crippen molar-refractivity contribution in [2.24, 2.45) is 11.0 Å². The van der Waals surface area contributed by atoms with E-state index in [0.29, 0.717) is 5.02 Å². The molecular weight excluding hydrogens is 396 g/mol. The number of nitrogens with zero attached hydrogens (tertiary/aromatic N) is 2. The number of alkyl halides is 3. The number of ether oxygens (including phenoxy) is 1. The SMILES string of the molecule is CC(C)CC1=NN(C(=O)COc2ccc(Cl)cc2Cl)[C@](O)(C(F)(F)F)C1. The van der Waals surface area contributed by atoms with Crippen molar-refractivity contribution in [2.45, 2.75) is 38.6 Å². The topological polar surface area (TPSA) is 62.1 Å². The molecule has 1 amide bonds. The molecule has 144 valence electrons. The van der Waals surface area contributed by atoms with Crippen LogP contribution < -0.4 is 4.74 Å². The standard InChI is InChI=1S/C16H17Cl2F3N2O3/c1-9(2)5-11-7-15(25,16(19,20)21)23(22-11)14(24)8-26-13-4-3-10(17)6-12(13)18/h3-4,6,9,25H,5,7-8H2,1-2H3/t15-/m1/s1. The zero-order valence-electron chi connectivity index (χ0n) is 14.0. The molecule has 0 saturated carbocycles. The van der Waals surface area contributed by atoms with Gasteiger partial charge in [-0.05, 0) is 30.5 Å². The lowest BCUT2D eigenvalue weighted by Crippen LogP contribution is -2.57. The van der Waals surface area contributed by atoms with Crippen LogP contribution in [0.3, 0.4) is 0 Å². The molecular formula is C16H17Cl2F3N2O3. The van der Waals surface area contributed by atoms with Gasteiger partial charge in [0.15, 0.2) is 6.61 Å². The number of hydrogen-bond donors (Lipinski definition) is 1. The van der Waals surface area contributed by atoms with Crippen molar-refractivity contribution in [3.8, 4) is 5.75 Å². The van der Waals surface area contributed by atoms with Crippen LogP contribution in [0.15, 0.2) is 23.3 Å². The van der Waals surface area contributed by atoms with Gasteiger partial charge in [-0.3, -0.25) is 4.79 Å². The quantitative estimate of drug-likeness (QED) is 0.785. The molecule has 0 fully saturated rings. The molecule has 2 rings (SSSR count). The summed E-state index contributed by atoms with van der Waals surface area (Å²) >= 11 is 11.6. The molecule has 1 aliphatic heterocycles. The summed E-state index contributed by atoms with van der Waals surface area (Å²) in [6.07, 6.45) is -5.63. The molecule has 0 spiro atoms. The predicted octanol–water partition coefficient (Wildman–Crippen LogP) is 4.26. The van der Waals surface area contributed by atoms with E-state index in [2.05, 4.69) is 5.10 Å². The zero-order valence-corrected chi connectivity index (χ0v) is 15.5. The number of halogens is 5. The fourth-order valence-corrected chi connectivity index (χ4v) is 2.94. The first-order valence-corrected chi connectivity index (χ1v) is 8.46. The molecule has 0 saturated heterocycles. The van der Waals surface area contributed by atoms with Crippen LogP contribution in [0, 0.1) is 5.92 Å². The highest BCUT2D eigenvalue weighted by molar-refractivity contribution is 6.35. The van der Waals surface area contributed by atoms with E-state index in [1.807, 2.05) is 0 Å². The van der Waals surface area contributed by atoms with Crippen LogP contribution in [0.25, 0.3) is 0 Å². The second kappa shape index (κ2) is 7.62. The van der Waals surface area contributed by atoms with Gasteiger partial charge < -0.3 is 9.84 Å². The molecule has 1 N–H and O–H groups in total. The molecule has 26 heavy (non-hydrogen) atoms. The molecule has 0 radical (unpaired) electrons. The van der Waals surface area contributed by atoms with Crippen LogP contribution in [0.4, 0.5) is 13.2 Å². The number of hydrogen-bond acceptors (Lipinski definition) is 4. The maximum Gasteiger partial charge on any atom is 0.438 e. The number of carbonyl (C=O) groups excluding carboxylic acids is 1. The Morgan fingerprint density at radius 1 is 1.42 bits per heavy atom. The van der Waals surface area contributed by atoms with E-state index < -0.39 is 30.8 Å². The van der Waals surface area contributed by atoms with E-state index in [1.165, 1.54) is 18.2 Å². The molecule has 0 unspecified atom stereocenters. The minimum absolute atomic E-state index is 0.0189. The van der Waals surface area contributed by atoms with E-state index in [-0.39, 0.29) is 33.8 Å². The van der Waals surface area contributed by atoms with E-state index in [9.17, 15) is 23.1 Å². The average molecular weight is 413 g/mol. The summed E-state index contributed by atoms with van der Waals surface area (Å²) in [6, 6.07) is 4.20. The summed E-state index contributed by atoms with van der Waals surface area (Å²) in [6.45, 7) is 2.81. The molecule has 1 aliphatic rings. The summed E-state index contributed by atoms with van der Waals surface area (Å²) in [4.78, 5) is 12.3. The van der Waals surface area contributed by atoms with Crippen molar-refractivity contribution in [3.63, 3.8) is 0 Å².